The highest BCUT2D eigenvalue weighted by molar-refractivity contribution is 5.97. The van der Waals surface area contributed by atoms with E-state index < -0.39 is 17.9 Å². The average Bonchev–Trinajstić information content (AvgIpc) is 2.78. The molecule has 0 unspecified atom stereocenters. The highest BCUT2D eigenvalue weighted by Crippen LogP contribution is 2.28. The van der Waals surface area contributed by atoms with Crippen molar-refractivity contribution in [1.29, 1.82) is 0 Å². The smallest absolute Gasteiger partial charge is 0.338 e. The van der Waals surface area contributed by atoms with Crippen LogP contribution in [-0.2, 0) is 14.3 Å². The number of benzene rings is 2. The Hall–Kier alpha value is -3.15. The van der Waals surface area contributed by atoms with Crippen LogP contribution >= 0.6 is 0 Å². The molecule has 1 fully saturated rings. The molecule has 0 radical (unpaired) electrons. The molecular weight excluding hydrogens is 385 g/mol. The van der Waals surface area contributed by atoms with Crippen LogP contribution in [0.5, 0.6) is 5.75 Å². The van der Waals surface area contributed by atoms with Crippen LogP contribution in [0.25, 0.3) is 6.08 Å². The fraction of sp³-hybridized carbons (Fsp3) is 0.333. The summed E-state index contributed by atoms with van der Waals surface area (Å²) in [7, 11) is 0. The zero-order valence-electron chi connectivity index (χ0n) is 16.6. The van der Waals surface area contributed by atoms with Gasteiger partial charge < -0.3 is 14.8 Å². The van der Waals surface area contributed by atoms with Crippen molar-refractivity contribution in [3.63, 3.8) is 0 Å². The van der Waals surface area contributed by atoms with E-state index >= 15 is 0 Å². The summed E-state index contributed by atoms with van der Waals surface area (Å²) in [6.45, 7) is 0.0657. The summed E-state index contributed by atoms with van der Waals surface area (Å²) in [4.78, 5) is 25.8. The highest BCUT2D eigenvalue weighted by Gasteiger charge is 2.29. The van der Waals surface area contributed by atoms with E-state index in [-0.39, 0.29) is 18.6 Å². The number of ether oxygens (including phenoxy) is 2. The average molecular weight is 409 g/mol. The lowest BCUT2D eigenvalue weighted by atomic mass is 9.95. The second kappa shape index (κ2) is 9.11. The maximum Gasteiger partial charge on any atom is 0.338 e. The molecule has 0 aromatic heterocycles. The summed E-state index contributed by atoms with van der Waals surface area (Å²) < 4.78 is 24.6. The number of esters is 1. The summed E-state index contributed by atoms with van der Waals surface area (Å²) in [5.41, 5.74) is 1.53. The van der Waals surface area contributed by atoms with Gasteiger partial charge in [0.15, 0.2) is 0 Å². The molecule has 5 nitrogen and oxygen atoms in total. The van der Waals surface area contributed by atoms with E-state index in [1.807, 2.05) is 24.3 Å². The van der Waals surface area contributed by atoms with E-state index in [1.165, 1.54) is 30.7 Å². The van der Waals surface area contributed by atoms with Crippen LogP contribution in [0.15, 0.2) is 54.1 Å². The first-order valence-corrected chi connectivity index (χ1v) is 10.3. The molecule has 6 heteroatoms. The lowest BCUT2D eigenvalue weighted by molar-refractivity contribution is -0.153. The summed E-state index contributed by atoms with van der Waals surface area (Å²) in [6.07, 6.45) is 5.67. The molecule has 0 spiro atoms. The Kier molecular flexibility index (Phi) is 6.12. The van der Waals surface area contributed by atoms with Crippen molar-refractivity contribution in [1.82, 2.24) is 5.32 Å². The number of carbonyl (C=O) groups excluding carboxylic acids is 2. The van der Waals surface area contributed by atoms with Crippen LogP contribution in [0.1, 0.15) is 49.3 Å². The molecule has 30 heavy (non-hydrogen) atoms. The molecule has 1 amide bonds. The first kappa shape index (κ1) is 20.1. The van der Waals surface area contributed by atoms with Gasteiger partial charge in [-0.1, -0.05) is 49.6 Å². The number of para-hydroxylation sites is 1. The number of amides is 1. The standard InChI is InChI=1S/C24H24FNO4/c25-19-12-10-16(11-13-19)22(23(27)26-20-7-2-1-3-8-20)30-24(28)18-14-17-6-4-5-9-21(17)29-15-18/h4-6,9-14,20,22H,1-3,7-8,15H2,(H,26,27)/t22-/m0/s1. The number of fused-ring (bicyclic) bond motifs is 1. The lowest BCUT2D eigenvalue weighted by Gasteiger charge is -2.26. The zero-order chi connectivity index (χ0) is 20.9. The minimum atomic E-state index is -1.15. The molecule has 2 aromatic rings. The van der Waals surface area contributed by atoms with Crippen molar-refractivity contribution in [3.8, 4) is 5.75 Å². The molecule has 0 bridgehead atoms. The zero-order valence-corrected chi connectivity index (χ0v) is 16.6. The molecule has 1 aliphatic carbocycles. The van der Waals surface area contributed by atoms with Crippen LogP contribution in [0.4, 0.5) is 4.39 Å². The number of halogens is 1. The molecule has 156 valence electrons. The normalized spacial score (nSPS) is 17.2. The molecule has 2 aromatic carbocycles. The monoisotopic (exact) mass is 409 g/mol. The van der Waals surface area contributed by atoms with Gasteiger partial charge in [0.1, 0.15) is 18.2 Å². The lowest BCUT2D eigenvalue weighted by Crippen LogP contribution is -2.40. The van der Waals surface area contributed by atoms with Crippen LogP contribution in [0.3, 0.4) is 0 Å². The van der Waals surface area contributed by atoms with Gasteiger partial charge in [-0.15, -0.1) is 0 Å². The summed E-state index contributed by atoms with van der Waals surface area (Å²) in [5.74, 6) is -0.743. The Morgan fingerprint density at radius 3 is 2.53 bits per heavy atom. The molecule has 1 saturated carbocycles. The van der Waals surface area contributed by atoms with Gasteiger partial charge in [-0.2, -0.15) is 0 Å². The highest BCUT2D eigenvalue weighted by atomic mass is 19.1. The second-order valence-electron chi connectivity index (χ2n) is 7.68. The second-order valence-corrected chi connectivity index (χ2v) is 7.68. The van der Waals surface area contributed by atoms with E-state index in [9.17, 15) is 14.0 Å². The van der Waals surface area contributed by atoms with E-state index in [0.717, 1.165) is 31.2 Å². The minimum absolute atomic E-state index is 0.0657. The third kappa shape index (κ3) is 4.70. The number of nitrogens with one attached hydrogen (secondary N) is 1. The van der Waals surface area contributed by atoms with Crippen LogP contribution in [0.2, 0.25) is 0 Å². The van der Waals surface area contributed by atoms with Crippen molar-refractivity contribution in [2.24, 2.45) is 0 Å². The molecule has 1 atom stereocenters. The van der Waals surface area contributed by atoms with Gasteiger partial charge >= 0.3 is 5.97 Å². The van der Waals surface area contributed by atoms with Crippen LogP contribution in [0, 0.1) is 5.82 Å². The molecule has 1 aliphatic heterocycles. The molecule has 4 rings (SSSR count). The van der Waals surface area contributed by atoms with Gasteiger partial charge in [-0.3, -0.25) is 4.79 Å². The van der Waals surface area contributed by atoms with E-state index in [0.29, 0.717) is 16.9 Å². The van der Waals surface area contributed by atoms with E-state index in [2.05, 4.69) is 5.32 Å². The maximum absolute atomic E-state index is 13.4. The number of carbonyl (C=O) groups is 2. The van der Waals surface area contributed by atoms with Gasteiger partial charge in [0.2, 0.25) is 6.10 Å². The maximum atomic E-state index is 13.4. The molecule has 0 saturated heterocycles. The summed E-state index contributed by atoms with van der Waals surface area (Å²) >= 11 is 0. The number of hydrogen-bond donors (Lipinski definition) is 1. The quantitative estimate of drug-likeness (QED) is 0.747. The Morgan fingerprint density at radius 2 is 1.77 bits per heavy atom. The Balaban J connectivity index is 1.53. The first-order valence-electron chi connectivity index (χ1n) is 10.3. The van der Waals surface area contributed by atoms with Crippen molar-refractivity contribution < 1.29 is 23.5 Å². The Morgan fingerprint density at radius 1 is 1.03 bits per heavy atom. The van der Waals surface area contributed by atoms with Crippen molar-refractivity contribution in [2.45, 2.75) is 44.2 Å². The SMILES string of the molecule is O=C(O[C@H](C(=O)NC1CCCCC1)c1ccc(F)cc1)C1=Cc2ccccc2OC1. The van der Waals surface area contributed by atoms with Gasteiger partial charge in [0, 0.05) is 17.2 Å². The predicted molar refractivity (Wildman–Crippen MR) is 110 cm³/mol. The van der Waals surface area contributed by atoms with Crippen molar-refractivity contribution in [2.75, 3.05) is 6.61 Å². The topological polar surface area (TPSA) is 64.6 Å². The van der Waals surface area contributed by atoms with Gasteiger partial charge in [-0.25, -0.2) is 9.18 Å². The van der Waals surface area contributed by atoms with Gasteiger partial charge in [-0.05, 0) is 37.1 Å². The number of hydrogen-bond acceptors (Lipinski definition) is 4. The molecule has 1 N–H and O–H groups in total. The van der Waals surface area contributed by atoms with Crippen molar-refractivity contribution >= 4 is 18.0 Å². The fourth-order valence-electron chi connectivity index (χ4n) is 3.85. The van der Waals surface area contributed by atoms with Gasteiger partial charge in [0.25, 0.3) is 5.91 Å². The Bertz CT molecular complexity index is 948. The molecule has 1 heterocycles. The van der Waals surface area contributed by atoms with Crippen LogP contribution in [-0.4, -0.2) is 24.5 Å². The van der Waals surface area contributed by atoms with Gasteiger partial charge in [0.05, 0.1) is 5.57 Å². The first-order chi connectivity index (χ1) is 14.6. The number of rotatable bonds is 5. The third-order valence-corrected chi connectivity index (χ3v) is 5.48. The van der Waals surface area contributed by atoms with Crippen molar-refractivity contribution in [3.05, 3.63) is 71.0 Å². The fourth-order valence-corrected chi connectivity index (χ4v) is 3.85. The predicted octanol–water partition coefficient (Wildman–Crippen LogP) is 4.33. The minimum Gasteiger partial charge on any atom is -0.488 e. The van der Waals surface area contributed by atoms with E-state index in [1.54, 1.807) is 6.08 Å². The molecular formula is C24H24FNO4. The van der Waals surface area contributed by atoms with E-state index in [4.69, 9.17) is 9.47 Å². The summed E-state index contributed by atoms with van der Waals surface area (Å²) in [5, 5.41) is 3.00. The largest absolute Gasteiger partial charge is 0.488 e. The van der Waals surface area contributed by atoms with Crippen LogP contribution < -0.4 is 10.1 Å². The summed E-state index contributed by atoms with van der Waals surface area (Å²) in [6, 6.07) is 12.9. The Labute approximate surface area is 174 Å². The third-order valence-electron chi connectivity index (χ3n) is 5.48. The molecule has 2 aliphatic rings.